The first-order chi connectivity index (χ1) is 10.1. The van der Waals surface area contributed by atoms with Crippen molar-refractivity contribution in [3.8, 4) is 6.07 Å². The molecule has 2 heterocycles. The number of para-hydroxylation sites is 1. The van der Waals surface area contributed by atoms with Gasteiger partial charge < -0.3 is 9.09 Å². The summed E-state index contributed by atoms with van der Waals surface area (Å²) in [7, 11) is 0. The fourth-order valence-corrected chi connectivity index (χ4v) is 2.43. The lowest BCUT2D eigenvalue weighted by Crippen LogP contribution is -2.06. The van der Waals surface area contributed by atoms with E-state index >= 15 is 0 Å². The molecule has 1 atom stereocenters. The van der Waals surface area contributed by atoms with Gasteiger partial charge in [-0.3, -0.25) is 0 Å². The number of rotatable bonds is 3. The molecule has 0 aliphatic rings. The summed E-state index contributed by atoms with van der Waals surface area (Å²) in [4.78, 5) is 8.71. The Hall–Kier alpha value is -2.39. The molecule has 1 aromatic carbocycles. The summed E-state index contributed by atoms with van der Waals surface area (Å²) < 4.78 is 7.06. The van der Waals surface area contributed by atoms with Gasteiger partial charge in [0.05, 0.1) is 16.5 Å². The second-order valence-electron chi connectivity index (χ2n) is 4.69. The lowest BCUT2D eigenvalue weighted by molar-refractivity contribution is 0.367. The maximum absolute atomic E-state index is 9.19. The number of nitrogens with zero attached hydrogens (tertiary/aromatic N) is 5. The fourth-order valence-electron chi connectivity index (χ4n) is 2.26. The molecule has 0 saturated heterocycles. The van der Waals surface area contributed by atoms with Crippen molar-refractivity contribution in [2.45, 2.75) is 25.8 Å². The molecule has 21 heavy (non-hydrogen) atoms. The molecule has 106 valence electrons. The number of fused-ring (bicyclic) bond motifs is 1. The van der Waals surface area contributed by atoms with E-state index in [0.29, 0.717) is 35.2 Å². The second-order valence-corrected chi connectivity index (χ2v) is 5.35. The Balaban J connectivity index is 2.19. The minimum Gasteiger partial charge on any atom is -0.337 e. The largest absolute Gasteiger partial charge is 0.337 e. The highest BCUT2D eigenvalue weighted by atomic mass is 35.5. The molecule has 0 amide bonds. The van der Waals surface area contributed by atoms with Crippen LogP contribution >= 0.6 is 11.6 Å². The molecular weight excluding hydrogens is 290 g/mol. The van der Waals surface area contributed by atoms with E-state index in [1.54, 1.807) is 13.0 Å². The third kappa shape index (κ3) is 2.36. The lowest BCUT2D eigenvalue weighted by atomic mass is 10.2. The van der Waals surface area contributed by atoms with Gasteiger partial charge in [-0.2, -0.15) is 10.2 Å². The van der Waals surface area contributed by atoms with Gasteiger partial charge >= 0.3 is 0 Å². The summed E-state index contributed by atoms with van der Waals surface area (Å²) >= 11 is 6.21. The zero-order valence-electron chi connectivity index (χ0n) is 11.5. The molecule has 0 saturated carbocycles. The minimum atomic E-state index is -0.298. The number of benzene rings is 1. The Morgan fingerprint density at radius 1 is 1.43 bits per heavy atom. The molecule has 3 aromatic rings. The van der Waals surface area contributed by atoms with Crippen molar-refractivity contribution in [1.82, 2.24) is 19.7 Å². The van der Waals surface area contributed by atoms with E-state index < -0.39 is 0 Å². The van der Waals surface area contributed by atoms with Crippen molar-refractivity contribution in [2.24, 2.45) is 0 Å². The highest BCUT2D eigenvalue weighted by Crippen LogP contribution is 2.27. The van der Waals surface area contributed by atoms with Gasteiger partial charge in [0.15, 0.2) is 5.82 Å². The summed E-state index contributed by atoms with van der Waals surface area (Å²) in [5.74, 6) is 1.73. The van der Waals surface area contributed by atoms with E-state index in [2.05, 4.69) is 21.2 Å². The quantitative estimate of drug-likeness (QED) is 0.695. The van der Waals surface area contributed by atoms with Crippen LogP contribution < -0.4 is 0 Å². The third-order valence-electron chi connectivity index (χ3n) is 3.15. The summed E-state index contributed by atoms with van der Waals surface area (Å²) in [5.41, 5.74) is 1.98. The van der Waals surface area contributed by atoms with E-state index in [1.807, 2.05) is 23.6 Å². The zero-order valence-corrected chi connectivity index (χ0v) is 12.3. The van der Waals surface area contributed by atoms with Gasteiger partial charge in [0, 0.05) is 0 Å². The van der Waals surface area contributed by atoms with Crippen LogP contribution in [-0.4, -0.2) is 19.7 Å². The molecule has 0 bridgehead atoms. The number of aryl methyl sites for hydroxylation is 1. The summed E-state index contributed by atoms with van der Waals surface area (Å²) in [6.07, 6.45) is 0. The number of nitriles is 1. The SMILES string of the molecule is Cc1noc(Cn2c(C(C)Cl)nc3c(C#N)cccc32)n1. The molecule has 0 aliphatic carbocycles. The number of aromatic nitrogens is 4. The topological polar surface area (TPSA) is 80.5 Å². The second kappa shape index (κ2) is 5.19. The first-order valence-electron chi connectivity index (χ1n) is 6.42. The average molecular weight is 302 g/mol. The van der Waals surface area contributed by atoms with Crippen LogP contribution in [0.2, 0.25) is 0 Å². The Morgan fingerprint density at radius 2 is 2.24 bits per heavy atom. The van der Waals surface area contributed by atoms with Crippen LogP contribution in [0.25, 0.3) is 11.0 Å². The van der Waals surface area contributed by atoms with Gasteiger partial charge in [-0.05, 0) is 26.0 Å². The Kier molecular flexibility index (Phi) is 3.35. The number of halogens is 1. The molecule has 0 aliphatic heterocycles. The normalized spacial score (nSPS) is 12.5. The molecule has 0 fully saturated rings. The highest BCUT2D eigenvalue weighted by molar-refractivity contribution is 6.20. The maximum Gasteiger partial charge on any atom is 0.246 e. The monoisotopic (exact) mass is 301 g/mol. The molecule has 6 nitrogen and oxygen atoms in total. The number of hydrogen-bond donors (Lipinski definition) is 0. The van der Waals surface area contributed by atoms with Crippen LogP contribution in [0, 0.1) is 18.3 Å². The van der Waals surface area contributed by atoms with Crippen LogP contribution in [0.1, 0.15) is 35.4 Å². The van der Waals surface area contributed by atoms with Crippen molar-refractivity contribution in [2.75, 3.05) is 0 Å². The Morgan fingerprint density at radius 3 is 2.86 bits per heavy atom. The molecule has 0 N–H and O–H groups in total. The molecule has 0 radical (unpaired) electrons. The van der Waals surface area contributed by atoms with E-state index in [-0.39, 0.29) is 5.38 Å². The smallest absolute Gasteiger partial charge is 0.246 e. The van der Waals surface area contributed by atoms with Gasteiger partial charge in [0.25, 0.3) is 0 Å². The van der Waals surface area contributed by atoms with Crippen LogP contribution in [0.3, 0.4) is 0 Å². The van der Waals surface area contributed by atoms with Crippen molar-refractivity contribution in [3.63, 3.8) is 0 Å². The van der Waals surface area contributed by atoms with Crippen LogP contribution in [0.5, 0.6) is 0 Å². The first-order valence-corrected chi connectivity index (χ1v) is 6.86. The van der Waals surface area contributed by atoms with Gasteiger partial charge in [-0.1, -0.05) is 11.2 Å². The minimum absolute atomic E-state index is 0.298. The first kappa shape index (κ1) is 13.6. The molecule has 1 unspecified atom stereocenters. The molecule has 7 heteroatoms. The van der Waals surface area contributed by atoms with Crippen LogP contribution in [0.4, 0.5) is 0 Å². The van der Waals surface area contributed by atoms with Crippen LogP contribution in [0.15, 0.2) is 22.7 Å². The predicted octanol–water partition coefficient (Wildman–Crippen LogP) is 2.95. The van der Waals surface area contributed by atoms with Gasteiger partial charge in [-0.25, -0.2) is 4.98 Å². The van der Waals surface area contributed by atoms with Crippen molar-refractivity contribution < 1.29 is 4.52 Å². The van der Waals surface area contributed by atoms with Crippen molar-refractivity contribution in [1.29, 1.82) is 5.26 Å². The fraction of sp³-hybridized carbons (Fsp3) is 0.286. The third-order valence-corrected chi connectivity index (χ3v) is 3.34. The predicted molar refractivity (Wildman–Crippen MR) is 76.9 cm³/mol. The van der Waals surface area contributed by atoms with Crippen molar-refractivity contribution >= 4 is 22.6 Å². The Bertz CT molecular complexity index is 843. The summed E-state index contributed by atoms with van der Waals surface area (Å²) in [6, 6.07) is 7.60. The standard InChI is InChI=1S/C14H12ClN5O/c1-8(15)14-18-13-10(6-16)4-3-5-11(13)20(14)7-12-17-9(2)19-21-12/h3-5,8H,7H2,1-2H3. The van der Waals surface area contributed by atoms with E-state index in [1.165, 1.54) is 0 Å². The number of alkyl halides is 1. The number of hydrogen-bond acceptors (Lipinski definition) is 5. The molecule has 3 rings (SSSR count). The van der Waals surface area contributed by atoms with Gasteiger partial charge in [0.2, 0.25) is 5.89 Å². The average Bonchev–Trinajstić information content (AvgIpc) is 3.03. The molecule has 2 aromatic heterocycles. The zero-order chi connectivity index (χ0) is 15.0. The van der Waals surface area contributed by atoms with E-state index in [0.717, 1.165) is 5.52 Å². The van der Waals surface area contributed by atoms with E-state index in [4.69, 9.17) is 16.1 Å². The highest BCUT2D eigenvalue weighted by Gasteiger charge is 2.18. The van der Waals surface area contributed by atoms with Crippen LogP contribution in [-0.2, 0) is 6.54 Å². The maximum atomic E-state index is 9.19. The summed E-state index contributed by atoms with van der Waals surface area (Å²) in [5, 5.41) is 12.7. The molecular formula is C14H12ClN5O. The van der Waals surface area contributed by atoms with Gasteiger partial charge in [-0.15, -0.1) is 11.6 Å². The lowest BCUT2D eigenvalue weighted by Gasteiger charge is -2.07. The van der Waals surface area contributed by atoms with Crippen molar-refractivity contribution in [3.05, 3.63) is 41.3 Å². The Labute approximate surface area is 126 Å². The van der Waals surface area contributed by atoms with Gasteiger partial charge in [0.1, 0.15) is 24.0 Å². The van der Waals surface area contributed by atoms with E-state index in [9.17, 15) is 5.26 Å². The number of imidazole rings is 1. The molecule has 0 spiro atoms. The summed E-state index contributed by atoms with van der Waals surface area (Å²) in [6.45, 7) is 3.97.